The summed E-state index contributed by atoms with van der Waals surface area (Å²) in [4.78, 5) is 29.3. The van der Waals surface area contributed by atoms with Crippen molar-refractivity contribution in [3.05, 3.63) is 74.5 Å². The van der Waals surface area contributed by atoms with Gasteiger partial charge < -0.3 is 9.47 Å². The Kier molecular flexibility index (Phi) is 5.58. The summed E-state index contributed by atoms with van der Waals surface area (Å²) in [6.07, 6.45) is 2.70. The molecule has 0 atom stereocenters. The van der Waals surface area contributed by atoms with Gasteiger partial charge in [-0.15, -0.1) is 5.10 Å². The van der Waals surface area contributed by atoms with Gasteiger partial charge in [0.05, 0.1) is 23.8 Å². The molecule has 0 N–H and O–H groups in total. The number of rotatable bonds is 6. The van der Waals surface area contributed by atoms with Gasteiger partial charge in [0.25, 0.3) is 5.56 Å². The molecule has 0 amide bonds. The van der Waals surface area contributed by atoms with Crippen molar-refractivity contribution in [1.82, 2.24) is 14.6 Å². The minimum absolute atomic E-state index is 0.228. The maximum absolute atomic E-state index is 12.7. The van der Waals surface area contributed by atoms with E-state index in [2.05, 4.69) is 17.0 Å². The second-order valence-electron chi connectivity index (χ2n) is 6.53. The number of methoxy groups -OCH3 is 1. The van der Waals surface area contributed by atoms with Crippen molar-refractivity contribution in [3.63, 3.8) is 0 Å². The number of hydrogen-bond acceptors (Lipinski definition) is 7. The quantitative estimate of drug-likeness (QED) is 0.445. The Morgan fingerprint density at radius 3 is 2.50 bits per heavy atom. The maximum Gasteiger partial charge on any atom is 0.337 e. The number of benzene rings is 2. The highest BCUT2D eigenvalue weighted by Crippen LogP contribution is 2.20. The number of ether oxygens (including phenoxy) is 2. The van der Waals surface area contributed by atoms with Gasteiger partial charge >= 0.3 is 5.97 Å². The number of nitrogens with zero attached hydrogens (tertiary/aromatic N) is 3. The molecule has 30 heavy (non-hydrogen) atoms. The number of fused-ring (bicyclic) bond motifs is 1. The van der Waals surface area contributed by atoms with E-state index >= 15 is 0 Å². The van der Waals surface area contributed by atoms with E-state index < -0.39 is 5.97 Å². The van der Waals surface area contributed by atoms with Crippen molar-refractivity contribution < 1.29 is 14.3 Å². The summed E-state index contributed by atoms with van der Waals surface area (Å²) < 4.78 is 12.1. The summed E-state index contributed by atoms with van der Waals surface area (Å²) >= 11 is 1.27. The van der Waals surface area contributed by atoms with Crippen molar-refractivity contribution in [2.24, 2.45) is 0 Å². The SMILES string of the molecule is CCCOc1ccc(-c2nc3s/c(=C\c4ccc(C(=O)OC)cc4)c(=O)n3n2)cc1. The van der Waals surface area contributed by atoms with Crippen LogP contribution in [0, 0.1) is 0 Å². The molecule has 0 aliphatic rings. The van der Waals surface area contributed by atoms with Crippen molar-refractivity contribution >= 4 is 28.3 Å². The van der Waals surface area contributed by atoms with Gasteiger partial charge in [-0.2, -0.15) is 9.50 Å². The van der Waals surface area contributed by atoms with E-state index in [0.717, 1.165) is 23.3 Å². The van der Waals surface area contributed by atoms with E-state index in [9.17, 15) is 9.59 Å². The molecule has 152 valence electrons. The highest BCUT2D eigenvalue weighted by Gasteiger charge is 2.12. The van der Waals surface area contributed by atoms with Crippen molar-refractivity contribution in [3.8, 4) is 17.1 Å². The Labute approximate surface area is 176 Å². The number of thiazole rings is 1. The Morgan fingerprint density at radius 2 is 1.87 bits per heavy atom. The second kappa shape index (κ2) is 8.46. The predicted octanol–water partition coefficient (Wildman–Crippen LogP) is 2.94. The first-order valence-corrected chi connectivity index (χ1v) is 10.2. The van der Waals surface area contributed by atoms with E-state index in [-0.39, 0.29) is 5.56 Å². The minimum Gasteiger partial charge on any atom is -0.494 e. The molecule has 7 nitrogen and oxygen atoms in total. The molecule has 0 saturated heterocycles. The van der Waals surface area contributed by atoms with Crippen molar-refractivity contribution in [2.45, 2.75) is 13.3 Å². The first-order valence-electron chi connectivity index (χ1n) is 9.42. The summed E-state index contributed by atoms with van der Waals surface area (Å²) in [5.41, 5.74) is 1.84. The van der Waals surface area contributed by atoms with Gasteiger partial charge in [0.1, 0.15) is 5.75 Å². The average Bonchev–Trinajstić information content (AvgIpc) is 3.32. The predicted molar refractivity (Wildman–Crippen MR) is 115 cm³/mol. The van der Waals surface area contributed by atoms with Gasteiger partial charge in [0, 0.05) is 5.56 Å². The smallest absolute Gasteiger partial charge is 0.337 e. The first-order chi connectivity index (χ1) is 14.6. The van der Waals surface area contributed by atoms with E-state index in [1.54, 1.807) is 30.3 Å². The third-order valence-electron chi connectivity index (χ3n) is 4.40. The van der Waals surface area contributed by atoms with Gasteiger partial charge in [-0.3, -0.25) is 4.79 Å². The molecular formula is C22H19N3O4S. The fraction of sp³-hybridized carbons (Fsp3) is 0.182. The van der Waals surface area contributed by atoms with Crippen molar-refractivity contribution in [1.29, 1.82) is 0 Å². The molecule has 8 heteroatoms. The number of carbonyl (C=O) groups excluding carboxylic acids is 1. The summed E-state index contributed by atoms with van der Waals surface area (Å²) in [5.74, 6) is 0.887. The standard InChI is InChI=1S/C22H19N3O4S/c1-3-12-29-17-10-8-15(9-11-17)19-23-22-25(24-19)20(26)18(30-22)13-14-4-6-16(7-5-14)21(27)28-2/h4-11,13H,3,12H2,1-2H3/b18-13-. The molecule has 0 saturated carbocycles. The van der Waals surface area contributed by atoms with Gasteiger partial charge in [0.15, 0.2) is 5.82 Å². The molecule has 0 bridgehead atoms. The summed E-state index contributed by atoms with van der Waals surface area (Å²) in [7, 11) is 1.34. The third-order valence-corrected chi connectivity index (χ3v) is 5.36. The van der Waals surface area contributed by atoms with Crippen LogP contribution in [-0.4, -0.2) is 34.3 Å². The van der Waals surface area contributed by atoms with Crippen LogP contribution in [0.2, 0.25) is 0 Å². The summed E-state index contributed by atoms with van der Waals surface area (Å²) in [5, 5.41) is 4.37. The largest absolute Gasteiger partial charge is 0.494 e. The zero-order chi connectivity index (χ0) is 21.1. The lowest BCUT2D eigenvalue weighted by Crippen LogP contribution is -2.23. The number of esters is 1. The maximum atomic E-state index is 12.7. The molecule has 2 aromatic heterocycles. The Balaban J connectivity index is 1.61. The number of hydrogen-bond donors (Lipinski definition) is 0. The molecule has 0 unspecified atom stereocenters. The van der Waals surface area contributed by atoms with Gasteiger partial charge in [-0.25, -0.2) is 4.79 Å². The molecule has 2 heterocycles. The zero-order valence-corrected chi connectivity index (χ0v) is 17.3. The number of aromatic nitrogens is 3. The van der Waals surface area contributed by atoms with Crippen LogP contribution >= 0.6 is 11.3 Å². The summed E-state index contributed by atoms with van der Waals surface area (Å²) in [6, 6.07) is 14.3. The van der Waals surface area contributed by atoms with Crippen LogP contribution in [0.3, 0.4) is 0 Å². The Hall–Kier alpha value is -3.52. The van der Waals surface area contributed by atoms with Gasteiger partial charge in [-0.1, -0.05) is 30.4 Å². The van der Waals surface area contributed by atoms with Crippen molar-refractivity contribution in [2.75, 3.05) is 13.7 Å². The molecule has 0 aliphatic carbocycles. The lowest BCUT2D eigenvalue weighted by atomic mass is 10.1. The number of carbonyl (C=O) groups is 1. The van der Waals surface area contributed by atoms with Crippen LogP contribution in [-0.2, 0) is 4.74 Å². The lowest BCUT2D eigenvalue weighted by Gasteiger charge is -2.04. The fourth-order valence-corrected chi connectivity index (χ4v) is 3.77. The Bertz CT molecular complexity index is 1290. The zero-order valence-electron chi connectivity index (χ0n) is 16.5. The van der Waals surface area contributed by atoms with Crippen LogP contribution in [0.5, 0.6) is 5.75 Å². The van der Waals surface area contributed by atoms with E-state index in [0.29, 0.717) is 27.5 Å². The van der Waals surface area contributed by atoms with E-state index in [1.165, 1.54) is 23.0 Å². The lowest BCUT2D eigenvalue weighted by molar-refractivity contribution is 0.0600. The van der Waals surface area contributed by atoms with Crippen LogP contribution in [0.15, 0.2) is 53.3 Å². The third kappa shape index (κ3) is 3.95. The molecule has 0 radical (unpaired) electrons. The van der Waals surface area contributed by atoms with Gasteiger partial charge in [-0.05, 0) is 54.5 Å². The van der Waals surface area contributed by atoms with Crippen LogP contribution < -0.4 is 14.8 Å². The average molecular weight is 421 g/mol. The monoisotopic (exact) mass is 421 g/mol. The Morgan fingerprint density at radius 1 is 1.13 bits per heavy atom. The second-order valence-corrected chi connectivity index (χ2v) is 7.54. The molecule has 0 fully saturated rings. The highest BCUT2D eigenvalue weighted by molar-refractivity contribution is 7.15. The van der Waals surface area contributed by atoms with Crippen LogP contribution in [0.1, 0.15) is 29.3 Å². The first kappa shape index (κ1) is 19.8. The highest BCUT2D eigenvalue weighted by atomic mass is 32.1. The summed E-state index contributed by atoms with van der Waals surface area (Å²) in [6.45, 7) is 2.72. The van der Waals surface area contributed by atoms with Crippen LogP contribution in [0.4, 0.5) is 0 Å². The fourth-order valence-electron chi connectivity index (χ4n) is 2.86. The molecular weight excluding hydrogens is 402 g/mol. The molecule has 4 rings (SSSR count). The van der Waals surface area contributed by atoms with E-state index in [4.69, 9.17) is 9.47 Å². The molecule has 0 aliphatic heterocycles. The molecule has 4 aromatic rings. The molecule has 2 aromatic carbocycles. The van der Waals surface area contributed by atoms with E-state index in [1.807, 2.05) is 24.3 Å². The van der Waals surface area contributed by atoms with Gasteiger partial charge in [0.2, 0.25) is 4.96 Å². The molecule has 0 spiro atoms. The minimum atomic E-state index is -0.401. The normalized spacial score (nSPS) is 11.7. The van der Waals surface area contributed by atoms with Crippen LogP contribution in [0.25, 0.3) is 22.4 Å². The topological polar surface area (TPSA) is 82.8 Å².